The second-order valence-electron chi connectivity index (χ2n) is 6.89. The predicted molar refractivity (Wildman–Crippen MR) is 120 cm³/mol. The normalized spacial score (nSPS) is 11.7. The van der Waals surface area contributed by atoms with E-state index in [0.717, 1.165) is 30.8 Å². The first-order valence-electron chi connectivity index (χ1n) is 9.96. The van der Waals surface area contributed by atoms with E-state index in [2.05, 4.69) is 78.1 Å². The van der Waals surface area contributed by atoms with Crippen LogP contribution in [0.15, 0.2) is 91.0 Å². The predicted octanol–water partition coefficient (Wildman–Crippen LogP) is 5.28. The maximum absolute atomic E-state index is 6.14. The summed E-state index contributed by atoms with van der Waals surface area (Å²) in [5.74, 6) is 0.873. The Bertz CT molecular complexity index is 834. The molecule has 0 fully saturated rings. The van der Waals surface area contributed by atoms with E-state index in [0.29, 0.717) is 0 Å². The number of hydrogen-bond donors (Lipinski definition) is 1. The lowest BCUT2D eigenvalue weighted by Gasteiger charge is -2.34. The van der Waals surface area contributed by atoms with Gasteiger partial charge >= 0.3 is 0 Å². The molecule has 3 aromatic rings. The van der Waals surface area contributed by atoms with Crippen molar-refractivity contribution in [2.75, 3.05) is 27.3 Å². The van der Waals surface area contributed by atoms with E-state index in [1.165, 1.54) is 11.1 Å². The second kappa shape index (κ2) is 10.6. The zero-order valence-corrected chi connectivity index (χ0v) is 17.2. The van der Waals surface area contributed by atoms with E-state index in [9.17, 15) is 0 Å². The van der Waals surface area contributed by atoms with E-state index in [4.69, 9.17) is 9.47 Å². The molecular weight excluding hydrogens is 358 g/mol. The van der Waals surface area contributed by atoms with E-state index in [-0.39, 0.29) is 0 Å². The average molecular weight is 388 g/mol. The lowest BCUT2D eigenvalue weighted by Crippen LogP contribution is -2.34. The Morgan fingerprint density at radius 1 is 0.793 bits per heavy atom. The van der Waals surface area contributed by atoms with Crippen molar-refractivity contribution < 1.29 is 9.47 Å². The van der Waals surface area contributed by atoms with Gasteiger partial charge in [0.15, 0.2) is 0 Å². The van der Waals surface area contributed by atoms with Gasteiger partial charge in [0.1, 0.15) is 11.4 Å². The molecule has 0 spiro atoms. The largest absolute Gasteiger partial charge is 0.497 e. The van der Waals surface area contributed by atoms with Gasteiger partial charge in [0, 0.05) is 13.7 Å². The van der Waals surface area contributed by atoms with E-state index in [1.807, 2.05) is 24.3 Å². The van der Waals surface area contributed by atoms with Gasteiger partial charge in [0.25, 0.3) is 0 Å². The molecule has 0 bridgehead atoms. The van der Waals surface area contributed by atoms with Gasteiger partial charge in [-0.2, -0.15) is 0 Å². The summed E-state index contributed by atoms with van der Waals surface area (Å²) >= 11 is 0. The van der Waals surface area contributed by atoms with Gasteiger partial charge in [-0.25, -0.2) is 0 Å². The summed E-state index contributed by atoms with van der Waals surface area (Å²) in [7, 11) is 3.48. The second-order valence-corrected chi connectivity index (χ2v) is 6.89. The van der Waals surface area contributed by atoms with E-state index < -0.39 is 5.60 Å². The maximum atomic E-state index is 6.14. The monoisotopic (exact) mass is 387 g/mol. The topological polar surface area (TPSA) is 30.5 Å². The van der Waals surface area contributed by atoms with Gasteiger partial charge in [0.2, 0.25) is 0 Å². The molecule has 3 nitrogen and oxygen atoms in total. The van der Waals surface area contributed by atoms with Crippen LogP contribution in [-0.2, 0) is 10.3 Å². The summed E-state index contributed by atoms with van der Waals surface area (Å²) in [6.07, 6.45) is 5.10. The zero-order chi connectivity index (χ0) is 20.4. The lowest BCUT2D eigenvalue weighted by molar-refractivity contribution is 0.0149. The summed E-state index contributed by atoms with van der Waals surface area (Å²) in [5.41, 5.74) is 3.04. The van der Waals surface area contributed by atoms with Gasteiger partial charge in [-0.15, -0.1) is 0 Å². The summed E-state index contributed by atoms with van der Waals surface area (Å²) in [6, 6.07) is 28.9. The van der Waals surface area contributed by atoms with Crippen molar-refractivity contribution in [1.82, 2.24) is 5.32 Å². The summed E-state index contributed by atoms with van der Waals surface area (Å²) < 4.78 is 11.3. The Hall–Kier alpha value is -2.88. The standard InChI is InChI=1S/C26H29NO2/c1-28-25-17-15-22(16-18-25)10-9-20-27-21-19-26(29-2,23-11-5-3-6-12-23)24-13-7-4-8-14-24/h3-18,27H,19-21H2,1-2H3/b10-9+. The molecule has 0 saturated carbocycles. The molecular formula is C26H29NO2. The molecule has 0 aliphatic heterocycles. The van der Waals surface area contributed by atoms with E-state index in [1.54, 1.807) is 14.2 Å². The highest BCUT2D eigenvalue weighted by Gasteiger charge is 2.33. The fraction of sp³-hybridized carbons (Fsp3) is 0.231. The van der Waals surface area contributed by atoms with Crippen LogP contribution >= 0.6 is 0 Å². The molecule has 29 heavy (non-hydrogen) atoms. The molecule has 0 atom stereocenters. The highest BCUT2D eigenvalue weighted by Crippen LogP contribution is 2.36. The lowest BCUT2D eigenvalue weighted by atomic mass is 9.83. The van der Waals surface area contributed by atoms with Crippen LogP contribution < -0.4 is 10.1 Å². The summed E-state index contributed by atoms with van der Waals surface area (Å²) in [6.45, 7) is 1.64. The van der Waals surface area contributed by atoms with Gasteiger partial charge < -0.3 is 14.8 Å². The first kappa shape index (κ1) is 20.8. The van der Waals surface area contributed by atoms with Crippen molar-refractivity contribution in [1.29, 1.82) is 0 Å². The van der Waals surface area contributed by atoms with Crippen LogP contribution in [0, 0.1) is 0 Å². The molecule has 0 amide bonds. The third-order valence-electron chi connectivity index (χ3n) is 5.17. The Morgan fingerprint density at radius 3 is 1.90 bits per heavy atom. The number of nitrogens with one attached hydrogen (secondary N) is 1. The third-order valence-corrected chi connectivity index (χ3v) is 5.17. The molecule has 0 heterocycles. The first-order valence-corrected chi connectivity index (χ1v) is 9.96. The molecule has 3 rings (SSSR count). The van der Waals surface area contributed by atoms with E-state index >= 15 is 0 Å². The molecule has 150 valence electrons. The Morgan fingerprint density at radius 2 is 1.38 bits per heavy atom. The van der Waals surface area contributed by atoms with Crippen LogP contribution in [0.4, 0.5) is 0 Å². The molecule has 0 aromatic heterocycles. The minimum atomic E-state index is -0.463. The van der Waals surface area contributed by atoms with Crippen LogP contribution in [0.1, 0.15) is 23.1 Å². The van der Waals surface area contributed by atoms with Gasteiger partial charge in [-0.3, -0.25) is 0 Å². The van der Waals surface area contributed by atoms with Crippen molar-refractivity contribution in [2.45, 2.75) is 12.0 Å². The van der Waals surface area contributed by atoms with Crippen molar-refractivity contribution in [3.05, 3.63) is 108 Å². The summed E-state index contributed by atoms with van der Waals surface area (Å²) in [4.78, 5) is 0. The van der Waals surface area contributed by atoms with Crippen LogP contribution in [0.25, 0.3) is 6.08 Å². The Kier molecular flexibility index (Phi) is 7.62. The fourth-order valence-corrected chi connectivity index (χ4v) is 3.57. The fourth-order valence-electron chi connectivity index (χ4n) is 3.57. The average Bonchev–Trinajstić information content (AvgIpc) is 2.80. The quantitative estimate of drug-likeness (QED) is 0.480. The maximum Gasteiger partial charge on any atom is 0.119 e. The minimum absolute atomic E-state index is 0.463. The smallest absolute Gasteiger partial charge is 0.119 e. The highest BCUT2D eigenvalue weighted by molar-refractivity contribution is 5.50. The number of rotatable bonds is 10. The minimum Gasteiger partial charge on any atom is -0.497 e. The van der Waals surface area contributed by atoms with Crippen molar-refractivity contribution in [3.63, 3.8) is 0 Å². The number of ether oxygens (including phenoxy) is 2. The number of methoxy groups -OCH3 is 2. The Labute approximate surface area is 174 Å². The van der Waals surface area contributed by atoms with Gasteiger partial charge in [0.05, 0.1) is 7.11 Å². The van der Waals surface area contributed by atoms with Gasteiger partial charge in [-0.1, -0.05) is 84.9 Å². The third kappa shape index (κ3) is 5.35. The van der Waals surface area contributed by atoms with Crippen molar-refractivity contribution in [2.24, 2.45) is 0 Å². The SMILES string of the molecule is COc1ccc(/C=C/CNCCC(OC)(c2ccccc2)c2ccccc2)cc1. The summed E-state index contributed by atoms with van der Waals surface area (Å²) in [5, 5.41) is 3.52. The first-order chi connectivity index (χ1) is 14.3. The number of hydrogen-bond acceptors (Lipinski definition) is 3. The van der Waals surface area contributed by atoms with Crippen LogP contribution in [-0.4, -0.2) is 27.3 Å². The van der Waals surface area contributed by atoms with Crippen LogP contribution in [0.2, 0.25) is 0 Å². The van der Waals surface area contributed by atoms with Crippen LogP contribution in [0.5, 0.6) is 5.75 Å². The molecule has 0 unspecified atom stereocenters. The van der Waals surface area contributed by atoms with Crippen LogP contribution in [0.3, 0.4) is 0 Å². The molecule has 3 aromatic carbocycles. The molecule has 0 radical (unpaired) electrons. The van der Waals surface area contributed by atoms with Gasteiger partial charge in [-0.05, 0) is 41.8 Å². The molecule has 1 N–H and O–H groups in total. The van der Waals surface area contributed by atoms with Crippen molar-refractivity contribution >= 4 is 6.08 Å². The molecule has 0 aliphatic rings. The molecule has 0 aliphatic carbocycles. The molecule has 0 saturated heterocycles. The molecule has 3 heteroatoms. The highest BCUT2D eigenvalue weighted by atomic mass is 16.5. The number of benzene rings is 3. The van der Waals surface area contributed by atoms with Crippen molar-refractivity contribution in [3.8, 4) is 5.75 Å². The zero-order valence-electron chi connectivity index (χ0n) is 17.2. The Balaban J connectivity index is 1.62.